The quantitative estimate of drug-likeness (QED) is 0.858. The highest BCUT2D eigenvalue weighted by molar-refractivity contribution is 5.73. The largest absolute Gasteiger partial charge is 0.481 e. The van der Waals surface area contributed by atoms with E-state index in [1.54, 1.807) is 0 Å². The monoisotopic (exact) mass is 235 g/mol. The third-order valence-corrected chi connectivity index (χ3v) is 2.97. The Kier molecular flexibility index (Phi) is 3.00. The zero-order valence-corrected chi connectivity index (χ0v) is 10.3. The molecule has 92 valence electrons. The van der Waals surface area contributed by atoms with Crippen molar-refractivity contribution in [3.8, 4) is 0 Å². The zero-order chi connectivity index (χ0) is 12.6. The fraction of sp³-hybridized carbons (Fsp3) is 0.583. The van der Waals surface area contributed by atoms with Crippen molar-refractivity contribution in [2.24, 2.45) is 5.92 Å². The van der Waals surface area contributed by atoms with Gasteiger partial charge in [0, 0.05) is 24.5 Å². The Labute approximate surface area is 100 Å². The van der Waals surface area contributed by atoms with Gasteiger partial charge in [-0.3, -0.25) is 4.79 Å². The lowest BCUT2D eigenvalue weighted by atomic mass is 10.0. The van der Waals surface area contributed by atoms with Crippen molar-refractivity contribution in [3.05, 3.63) is 17.5 Å². The summed E-state index contributed by atoms with van der Waals surface area (Å²) in [5.41, 5.74) is 1.93. The SMILES string of the molecule is Cc1cc(C(C)C)nc(N2CC(C(=O)O)C2)n1. The van der Waals surface area contributed by atoms with Crippen LogP contribution in [0.15, 0.2) is 6.07 Å². The van der Waals surface area contributed by atoms with Gasteiger partial charge in [0.05, 0.1) is 5.92 Å². The van der Waals surface area contributed by atoms with E-state index in [2.05, 4.69) is 23.8 Å². The molecule has 1 saturated heterocycles. The average Bonchev–Trinajstić information content (AvgIpc) is 2.13. The van der Waals surface area contributed by atoms with Crippen molar-refractivity contribution < 1.29 is 9.90 Å². The molecule has 17 heavy (non-hydrogen) atoms. The normalized spacial score (nSPS) is 16.1. The van der Waals surface area contributed by atoms with Crippen LogP contribution in [0, 0.1) is 12.8 Å². The van der Waals surface area contributed by atoms with Gasteiger partial charge in [0.2, 0.25) is 5.95 Å². The molecule has 5 heteroatoms. The minimum Gasteiger partial charge on any atom is -0.481 e. The number of aromatic nitrogens is 2. The first-order chi connectivity index (χ1) is 7.97. The van der Waals surface area contributed by atoms with Gasteiger partial charge in [0.25, 0.3) is 0 Å². The van der Waals surface area contributed by atoms with Gasteiger partial charge in [0.15, 0.2) is 0 Å². The van der Waals surface area contributed by atoms with Crippen LogP contribution >= 0.6 is 0 Å². The molecule has 5 nitrogen and oxygen atoms in total. The molecule has 0 bridgehead atoms. The van der Waals surface area contributed by atoms with Crippen LogP contribution in [-0.4, -0.2) is 34.1 Å². The number of hydrogen-bond donors (Lipinski definition) is 1. The first kappa shape index (κ1) is 11.8. The van der Waals surface area contributed by atoms with Crippen LogP contribution < -0.4 is 4.90 Å². The predicted molar refractivity (Wildman–Crippen MR) is 64.2 cm³/mol. The van der Waals surface area contributed by atoms with Crippen molar-refractivity contribution in [2.45, 2.75) is 26.7 Å². The van der Waals surface area contributed by atoms with E-state index in [0.717, 1.165) is 11.4 Å². The van der Waals surface area contributed by atoms with Gasteiger partial charge < -0.3 is 10.0 Å². The third-order valence-electron chi connectivity index (χ3n) is 2.97. The van der Waals surface area contributed by atoms with Crippen molar-refractivity contribution in [1.82, 2.24) is 9.97 Å². The fourth-order valence-corrected chi connectivity index (χ4v) is 1.81. The molecule has 1 aliphatic heterocycles. The molecule has 0 saturated carbocycles. The Balaban J connectivity index is 2.15. The van der Waals surface area contributed by atoms with Crippen LogP contribution in [0.5, 0.6) is 0 Å². The molecule has 2 heterocycles. The highest BCUT2D eigenvalue weighted by Gasteiger charge is 2.34. The number of carboxylic acids is 1. The Morgan fingerprint density at radius 1 is 1.47 bits per heavy atom. The van der Waals surface area contributed by atoms with Gasteiger partial charge in [-0.1, -0.05) is 13.8 Å². The first-order valence-corrected chi connectivity index (χ1v) is 5.80. The van der Waals surface area contributed by atoms with Crippen molar-refractivity contribution in [3.63, 3.8) is 0 Å². The number of anilines is 1. The molecule has 1 aromatic heterocycles. The lowest BCUT2D eigenvalue weighted by Crippen LogP contribution is -2.51. The lowest BCUT2D eigenvalue weighted by Gasteiger charge is -2.36. The van der Waals surface area contributed by atoms with Crippen LogP contribution in [0.4, 0.5) is 5.95 Å². The summed E-state index contributed by atoms with van der Waals surface area (Å²) in [5.74, 6) is -0.00204. The third kappa shape index (κ3) is 2.38. The molecule has 0 amide bonds. The lowest BCUT2D eigenvalue weighted by molar-refractivity contribution is -0.142. The van der Waals surface area contributed by atoms with E-state index in [-0.39, 0.29) is 5.92 Å². The van der Waals surface area contributed by atoms with E-state index >= 15 is 0 Å². The molecule has 0 spiro atoms. The van der Waals surface area contributed by atoms with E-state index in [4.69, 9.17) is 5.11 Å². The Bertz CT molecular complexity index is 439. The Hall–Kier alpha value is -1.65. The second-order valence-electron chi connectivity index (χ2n) is 4.83. The van der Waals surface area contributed by atoms with Crippen LogP contribution in [-0.2, 0) is 4.79 Å². The van der Waals surface area contributed by atoms with Crippen LogP contribution in [0.25, 0.3) is 0 Å². The number of carbonyl (C=O) groups is 1. The number of carboxylic acid groups (broad SMARTS) is 1. The van der Waals surface area contributed by atoms with Crippen LogP contribution in [0.1, 0.15) is 31.2 Å². The summed E-state index contributed by atoms with van der Waals surface area (Å²) in [6.45, 7) is 7.13. The van der Waals surface area contributed by atoms with Gasteiger partial charge in [-0.2, -0.15) is 0 Å². The van der Waals surface area contributed by atoms with Crippen molar-refractivity contribution in [2.75, 3.05) is 18.0 Å². The van der Waals surface area contributed by atoms with E-state index in [0.29, 0.717) is 25.0 Å². The minimum absolute atomic E-state index is 0.276. The Morgan fingerprint density at radius 2 is 2.12 bits per heavy atom. The minimum atomic E-state index is -0.738. The predicted octanol–water partition coefficient (Wildman–Crippen LogP) is 1.43. The molecular weight excluding hydrogens is 218 g/mol. The summed E-state index contributed by atoms with van der Waals surface area (Å²) < 4.78 is 0. The number of nitrogens with zero attached hydrogens (tertiary/aromatic N) is 3. The van der Waals surface area contributed by atoms with Gasteiger partial charge in [-0.15, -0.1) is 0 Å². The summed E-state index contributed by atoms with van der Waals surface area (Å²) in [5, 5.41) is 8.83. The first-order valence-electron chi connectivity index (χ1n) is 5.80. The number of aryl methyl sites for hydroxylation is 1. The second kappa shape index (κ2) is 4.31. The fourth-order valence-electron chi connectivity index (χ4n) is 1.81. The summed E-state index contributed by atoms with van der Waals surface area (Å²) in [6.07, 6.45) is 0. The Morgan fingerprint density at radius 3 is 2.65 bits per heavy atom. The molecule has 0 unspecified atom stereocenters. The smallest absolute Gasteiger partial charge is 0.310 e. The van der Waals surface area contributed by atoms with Crippen molar-refractivity contribution in [1.29, 1.82) is 0 Å². The van der Waals surface area contributed by atoms with Gasteiger partial charge in [0.1, 0.15) is 0 Å². The molecule has 0 radical (unpaired) electrons. The summed E-state index contributed by atoms with van der Waals surface area (Å²) in [6, 6.07) is 1.97. The standard InChI is InChI=1S/C12H17N3O2/c1-7(2)10-4-8(3)13-12(14-10)15-5-9(6-15)11(16)17/h4,7,9H,5-6H2,1-3H3,(H,16,17). The molecule has 1 aliphatic rings. The highest BCUT2D eigenvalue weighted by Crippen LogP contribution is 2.23. The molecule has 0 atom stereocenters. The molecule has 1 aromatic rings. The molecule has 0 aliphatic carbocycles. The maximum Gasteiger partial charge on any atom is 0.310 e. The number of rotatable bonds is 3. The summed E-state index contributed by atoms with van der Waals surface area (Å²) in [7, 11) is 0. The molecule has 1 fully saturated rings. The molecular formula is C12H17N3O2. The van der Waals surface area contributed by atoms with Gasteiger partial charge >= 0.3 is 5.97 Å². The average molecular weight is 235 g/mol. The molecule has 2 rings (SSSR count). The summed E-state index contributed by atoms with van der Waals surface area (Å²) >= 11 is 0. The highest BCUT2D eigenvalue weighted by atomic mass is 16.4. The number of aliphatic carboxylic acids is 1. The van der Waals surface area contributed by atoms with E-state index in [1.165, 1.54) is 0 Å². The van der Waals surface area contributed by atoms with Gasteiger partial charge in [-0.25, -0.2) is 9.97 Å². The van der Waals surface area contributed by atoms with E-state index < -0.39 is 5.97 Å². The molecule has 1 N–H and O–H groups in total. The van der Waals surface area contributed by atoms with Gasteiger partial charge in [-0.05, 0) is 18.9 Å². The second-order valence-corrected chi connectivity index (χ2v) is 4.83. The summed E-state index contributed by atoms with van der Waals surface area (Å²) in [4.78, 5) is 21.5. The van der Waals surface area contributed by atoms with E-state index in [9.17, 15) is 4.79 Å². The van der Waals surface area contributed by atoms with Crippen LogP contribution in [0.2, 0.25) is 0 Å². The zero-order valence-electron chi connectivity index (χ0n) is 10.3. The van der Waals surface area contributed by atoms with Crippen LogP contribution in [0.3, 0.4) is 0 Å². The topological polar surface area (TPSA) is 66.3 Å². The molecule has 0 aromatic carbocycles. The maximum atomic E-state index is 10.7. The number of hydrogen-bond acceptors (Lipinski definition) is 4. The van der Waals surface area contributed by atoms with E-state index in [1.807, 2.05) is 17.9 Å². The maximum absolute atomic E-state index is 10.7. The van der Waals surface area contributed by atoms with Crippen molar-refractivity contribution >= 4 is 11.9 Å².